The molecule has 1 saturated carbocycles. The second kappa shape index (κ2) is 12.4. The molecule has 1 amide bonds. The monoisotopic (exact) mass is 525 g/mol. The van der Waals surface area contributed by atoms with Crippen LogP contribution in [0.1, 0.15) is 67.5 Å². The standard InChI is InChI=1S/C25H35NO7S2/c1-35(32,33)26-24(30)11-5-3-2-4-9-17-18(21(29)15-20(17)28)12-13-19(27)25(31)23-14-16-8-6-7-10-22(16)34-23/h6-8,10,14,17-21,27-29H,2-5,9,11-13,15H2,1H3,(H,26,30). The summed E-state index contributed by atoms with van der Waals surface area (Å²) in [6.07, 6.45) is 3.31. The van der Waals surface area contributed by atoms with E-state index in [1.165, 1.54) is 11.3 Å². The molecule has 4 N–H and O–H groups in total. The Morgan fingerprint density at radius 3 is 2.40 bits per heavy atom. The minimum absolute atomic E-state index is 0.106. The highest BCUT2D eigenvalue weighted by molar-refractivity contribution is 7.89. The number of benzene rings is 1. The molecule has 8 nitrogen and oxygen atoms in total. The summed E-state index contributed by atoms with van der Waals surface area (Å²) in [5.74, 6) is -1.11. The Morgan fingerprint density at radius 1 is 1.06 bits per heavy atom. The van der Waals surface area contributed by atoms with Crippen LogP contribution in [0.25, 0.3) is 10.1 Å². The zero-order chi connectivity index (χ0) is 25.6. The van der Waals surface area contributed by atoms with Crippen molar-refractivity contribution in [3.8, 4) is 0 Å². The van der Waals surface area contributed by atoms with Gasteiger partial charge in [-0.2, -0.15) is 0 Å². The molecular formula is C25H35NO7S2. The highest BCUT2D eigenvalue weighted by atomic mass is 32.2. The van der Waals surface area contributed by atoms with E-state index in [9.17, 15) is 33.3 Å². The number of carbonyl (C=O) groups is 2. The van der Waals surface area contributed by atoms with E-state index in [1.54, 1.807) is 6.07 Å². The fourth-order valence-corrected chi connectivity index (χ4v) is 6.57. The number of hydrogen-bond acceptors (Lipinski definition) is 8. The number of fused-ring (bicyclic) bond motifs is 1. The number of unbranched alkanes of at least 4 members (excludes halogenated alkanes) is 3. The Hall–Kier alpha value is -1.85. The molecule has 0 spiro atoms. The molecule has 10 heteroatoms. The maximum Gasteiger partial charge on any atom is 0.233 e. The van der Waals surface area contributed by atoms with Gasteiger partial charge >= 0.3 is 0 Å². The van der Waals surface area contributed by atoms with Crippen LogP contribution in [-0.2, 0) is 14.8 Å². The van der Waals surface area contributed by atoms with Gasteiger partial charge in [0.15, 0.2) is 0 Å². The normalized spacial score (nSPS) is 23.4. The highest BCUT2D eigenvalue weighted by Gasteiger charge is 2.41. The minimum atomic E-state index is -3.53. The quantitative estimate of drug-likeness (QED) is 0.233. The molecule has 1 aliphatic carbocycles. The van der Waals surface area contributed by atoms with Crippen LogP contribution < -0.4 is 4.72 Å². The van der Waals surface area contributed by atoms with E-state index >= 15 is 0 Å². The summed E-state index contributed by atoms with van der Waals surface area (Å²) < 4.78 is 25.0. The van der Waals surface area contributed by atoms with Crippen molar-refractivity contribution in [3.63, 3.8) is 0 Å². The molecule has 5 unspecified atom stereocenters. The molecule has 5 atom stereocenters. The largest absolute Gasteiger partial charge is 0.393 e. The lowest BCUT2D eigenvalue weighted by atomic mass is 9.84. The first-order valence-electron chi connectivity index (χ1n) is 12.1. The predicted octanol–water partition coefficient (Wildman–Crippen LogP) is 3.00. The predicted molar refractivity (Wildman–Crippen MR) is 136 cm³/mol. The molecule has 1 fully saturated rings. The van der Waals surface area contributed by atoms with Gasteiger partial charge in [-0.25, -0.2) is 8.42 Å². The lowest BCUT2D eigenvalue weighted by Gasteiger charge is -2.24. The summed E-state index contributed by atoms with van der Waals surface area (Å²) in [6.45, 7) is 0. The minimum Gasteiger partial charge on any atom is -0.393 e. The van der Waals surface area contributed by atoms with Crippen molar-refractivity contribution >= 4 is 43.1 Å². The summed E-state index contributed by atoms with van der Waals surface area (Å²) in [5.41, 5.74) is 0. The molecule has 1 aromatic heterocycles. The van der Waals surface area contributed by atoms with Crippen LogP contribution in [0.2, 0.25) is 0 Å². The van der Waals surface area contributed by atoms with Crippen LogP contribution in [-0.4, -0.2) is 60.0 Å². The third-order valence-electron chi connectivity index (χ3n) is 6.76. The number of aliphatic hydroxyl groups excluding tert-OH is 3. The molecule has 2 aromatic rings. The van der Waals surface area contributed by atoms with Crippen molar-refractivity contribution in [1.82, 2.24) is 4.72 Å². The summed E-state index contributed by atoms with van der Waals surface area (Å²) in [6, 6.07) is 9.48. The summed E-state index contributed by atoms with van der Waals surface area (Å²) in [4.78, 5) is 24.8. The Balaban J connectivity index is 1.43. The van der Waals surface area contributed by atoms with Gasteiger partial charge in [0.2, 0.25) is 21.7 Å². The van der Waals surface area contributed by atoms with E-state index in [0.29, 0.717) is 30.6 Å². The lowest BCUT2D eigenvalue weighted by Crippen LogP contribution is -2.28. The van der Waals surface area contributed by atoms with Gasteiger partial charge in [-0.1, -0.05) is 37.5 Å². The number of nitrogens with one attached hydrogen (secondary N) is 1. The number of ketones is 1. The third-order valence-corrected chi connectivity index (χ3v) is 8.49. The van der Waals surface area contributed by atoms with Gasteiger partial charge in [0, 0.05) is 11.1 Å². The second-order valence-electron chi connectivity index (χ2n) is 9.55. The number of Topliss-reactive ketones (excluding diaryl/α,β-unsaturated/α-hetero) is 1. The van der Waals surface area contributed by atoms with Gasteiger partial charge in [-0.05, 0) is 61.5 Å². The molecule has 1 heterocycles. The summed E-state index contributed by atoms with van der Waals surface area (Å²) in [7, 11) is -3.53. The molecule has 1 aromatic carbocycles. The van der Waals surface area contributed by atoms with Gasteiger partial charge in [-0.15, -0.1) is 11.3 Å². The Morgan fingerprint density at radius 2 is 1.71 bits per heavy atom. The average Bonchev–Trinajstić information content (AvgIpc) is 3.33. The van der Waals surface area contributed by atoms with E-state index in [4.69, 9.17) is 0 Å². The van der Waals surface area contributed by atoms with Crippen molar-refractivity contribution in [3.05, 3.63) is 35.2 Å². The van der Waals surface area contributed by atoms with Crippen molar-refractivity contribution in [2.45, 2.75) is 76.1 Å². The summed E-state index contributed by atoms with van der Waals surface area (Å²) in [5, 5.41) is 32.4. The molecule has 1 aliphatic rings. The van der Waals surface area contributed by atoms with Gasteiger partial charge in [0.1, 0.15) is 6.10 Å². The van der Waals surface area contributed by atoms with Crippen LogP contribution in [0, 0.1) is 11.8 Å². The number of hydrogen-bond donors (Lipinski definition) is 4. The van der Waals surface area contributed by atoms with Crippen molar-refractivity contribution in [1.29, 1.82) is 0 Å². The zero-order valence-electron chi connectivity index (χ0n) is 19.9. The van der Waals surface area contributed by atoms with E-state index < -0.39 is 34.2 Å². The van der Waals surface area contributed by atoms with Crippen LogP contribution in [0.3, 0.4) is 0 Å². The van der Waals surface area contributed by atoms with Gasteiger partial charge < -0.3 is 15.3 Å². The number of amides is 1. The summed E-state index contributed by atoms with van der Waals surface area (Å²) >= 11 is 1.36. The first kappa shape index (κ1) is 27.7. The lowest BCUT2D eigenvalue weighted by molar-refractivity contribution is -0.119. The van der Waals surface area contributed by atoms with Gasteiger partial charge in [0.05, 0.1) is 23.3 Å². The zero-order valence-corrected chi connectivity index (χ0v) is 21.6. The molecule has 3 rings (SSSR count). The van der Waals surface area contributed by atoms with E-state index in [0.717, 1.165) is 35.6 Å². The highest BCUT2D eigenvalue weighted by Crippen LogP contribution is 2.39. The second-order valence-corrected chi connectivity index (χ2v) is 12.4. The smallest absolute Gasteiger partial charge is 0.233 e. The maximum absolute atomic E-state index is 12.7. The van der Waals surface area contributed by atoms with Crippen LogP contribution in [0.4, 0.5) is 0 Å². The fraction of sp³-hybridized carbons (Fsp3) is 0.600. The topological polar surface area (TPSA) is 141 Å². The maximum atomic E-state index is 12.7. The van der Waals surface area contributed by atoms with Crippen LogP contribution >= 0.6 is 11.3 Å². The fourth-order valence-electron chi connectivity index (χ4n) is 5.01. The van der Waals surface area contributed by atoms with Gasteiger partial charge in [0.25, 0.3) is 0 Å². The Kier molecular flexibility index (Phi) is 9.83. The van der Waals surface area contributed by atoms with E-state index in [2.05, 4.69) is 0 Å². The molecule has 0 saturated heterocycles. The number of carbonyl (C=O) groups excluding carboxylic acids is 2. The van der Waals surface area contributed by atoms with Crippen LogP contribution in [0.15, 0.2) is 30.3 Å². The van der Waals surface area contributed by atoms with Gasteiger partial charge in [-0.3, -0.25) is 14.3 Å². The number of rotatable bonds is 13. The molecule has 0 radical (unpaired) electrons. The van der Waals surface area contributed by atoms with E-state index in [1.807, 2.05) is 29.0 Å². The first-order valence-corrected chi connectivity index (χ1v) is 14.8. The molecular weight excluding hydrogens is 490 g/mol. The SMILES string of the molecule is CS(=O)(=O)NC(=O)CCCCCCC1C(O)CC(O)C1CCC(O)C(=O)c1cc2ccccc2s1. The van der Waals surface area contributed by atoms with E-state index in [-0.39, 0.29) is 30.5 Å². The third kappa shape index (κ3) is 8.08. The average molecular weight is 526 g/mol. The Bertz CT molecular complexity index is 1080. The molecule has 0 bridgehead atoms. The Labute approximate surface area is 210 Å². The number of aliphatic hydroxyl groups is 3. The number of thiophene rings is 1. The van der Waals surface area contributed by atoms with Crippen LogP contribution in [0.5, 0.6) is 0 Å². The van der Waals surface area contributed by atoms with Crippen molar-refractivity contribution in [2.24, 2.45) is 11.8 Å². The van der Waals surface area contributed by atoms with Crippen molar-refractivity contribution < 1.29 is 33.3 Å². The number of sulfonamides is 1. The molecule has 0 aliphatic heterocycles. The molecule has 35 heavy (non-hydrogen) atoms. The van der Waals surface area contributed by atoms with Crippen molar-refractivity contribution in [2.75, 3.05) is 6.26 Å². The molecule has 194 valence electrons. The first-order chi connectivity index (χ1) is 16.5.